The van der Waals surface area contributed by atoms with E-state index in [2.05, 4.69) is 31.3 Å². The molecule has 7 nitrogen and oxygen atoms in total. The van der Waals surface area contributed by atoms with Gasteiger partial charge in [0.1, 0.15) is 5.75 Å². The van der Waals surface area contributed by atoms with Crippen LogP contribution >= 0.6 is 0 Å². The van der Waals surface area contributed by atoms with Crippen molar-refractivity contribution >= 4 is 22.9 Å². The number of nitrogens with two attached hydrogens (primary N) is 1. The molecule has 7 heteroatoms. The molecule has 0 radical (unpaired) electrons. The SMILES string of the molecule is C/C=C\N1C=C(c2cc(N)c(=O)n(C)c2)N=C(Nc2ccc(CC)c(OC)c2)/C1=C\CCC. The van der Waals surface area contributed by atoms with Gasteiger partial charge in [0.15, 0.2) is 5.84 Å². The van der Waals surface area contributed by atoms with Crippen LogP contribution in [0.2, 0.25) is 0 Å². The summed E-state index contributed by atoms with van der Waals surface area (Å²) in [6.07, 6.45) is 12.7. The normalized spacial score (nSPS) is 15.1. The van der Waals surface area contributed by atoms with E-state index in [4.69, 9.17) is 15.5 Å². The number of benzene rings is 1. The summed E-state index contributed by atoms with van der Waals surface area (Å²) in [7, 11) is 3.37. The molecule has 3 N–H and O–H groups in total. The first-order chi connectivity index (χ1) is 15.9. The van der Waals surface area contributed by atoms with Crippen LogP contribution in [0.5, 0.6) is 5.75 Å². The van der Waals surface area contributed by atoms with Gasteiger partial charge in [-0.05, 0) is 37.5 Å². The first-order valence-corrected chi connectivity index (χ1v) is 11.2. The number of amidine groups is 1. The van der Waals surface area contributed by atoms with E-state index in [9.17, 15) is 4.79 Å². The van der Waals surface area contributed by atoms with E-state index in [0.717, 1.165) is 47.5 Å². The Kier molecular flexibility index (Phi) is 7.77. The van der Waals surface area contributed by atoms with Crippen LogP contribution in [0.3, 0.4) is 0 Å². The summed E-state index contributed by atoms with van der Waals surface area (Å²) in [5.41, 5.74) is 10.4. The zero-order valence-electron chi connectivity index (χ0n) is 20.1. The van der Waals surface area contributed by atoms with Crippen molar-refractivity contribution in [2.45, 2.75) is 40.0 Å². The number of nitrogens with one attached hydrogen (secondary N) is 1. The maximum Gasteiger partial charge on any atom is 0.273 e. The van der Waals surface area contributed by atoms with E-state index >= 15 is 0 Å². The van der Waals surface area contributed by atoms with Crippen LogP contribution in [0.1, 0.15) is 44.7 Å². The lowest BCUT2D eigenvalue weighted by atomic mass is 10.1. The number of allylic oxidation sites excluding steroid dienone is 2. The number of ether oxygens (including phenoxy) is 1. The second kappa shape index (κ2) is 10.7. The topological polar surface area (TPSA) is 84.9 Å². The monoisotopic (exact) mass is 447 g/mol. The Labute approximate surface area is 195 Å². The summed E-state index contributed by atoms with van der Waals surface area (Å²) < 4.78 is 7.05. The van der Waals surface area contributed by atoms with E-state index in [1.54, 1.807) is 26.4 Å². The maximum absolute atomic E-state index is 12.1. The fourth-order valence-corrected chi connectivity index (χ4v) is 3.66. The molecule has 0 saturated carbocycles. The zero-order valence-corrected chi connectivity index (χ0v) is 20.1. The van der Waals surface area contributed by atoms with E-state index in [1.165, 1.54) is 4.57 Å². The Morgan fingerprint density at radius 3 is 2.67 bits per heavy atom. The fraction of sp³-hybridized carbons (Fsp3) is 0.308. The molecule has 2 heterocycles. The molecule has 1 aromatic carbocycles. The summed E-state index contributed by atoms with van der Waals surface area (Å²) in [4.78, 5) is 19.1. The van der Waals surface area contributed by atoms with Gasteiger partial charge in [-0.15, -0.1) is 0 Å². The van der Waals surface area contributed by atoms with Gasteiger partial charge in [-0.1, -0.05) is 38.5 Å². The van der Waals surface area contributed by atoms with Crippen LogP contribution < -0.4 is 21.3 Å². The number of nitrogen functional groups attached to an aromatic ring is 1. The van der Waals surface area contributed by atoms with Gasteiger partial charge < -0.3 is 25.3 Å². The molecule has 0 aliphatic carbocycles. The lowest BCUT2D eigenvalue weighted by Gasteiger charge is -2.27. The summed E-state index contributed by atoms with van der Waals surface area (Å²) in [6, 6.07) is 7.75. The van der Waals surface area contributed by atoms with Gasteiger partial charge in [0, 0.05) is 43.0 Å². The molecule has 0 saturated heterocycles. The number of nitrogens with zero attached hydrogens (tertiary/aromatic N) is 3. The number of aliphatic imine (C=N–C) groups is 1. The smallest absolute Gasteiger partial charge is 0.273 e. The maximum atomic E-state index is 12.1. The van der Waals surface area contributed by atoms with Gasteiger partial charge >= 0.3 is 0 Å². The van der Waals surface area contributed by atoms with E-state index in [-0.39, 0.29) is 11.2 Å². The summed E-state index contributed by atoms with van der Waals surface area (Å²) in [5.74, 6) is 1.54. The number of hydrogen-bond acceptors (Lipinski definition) is 6. The zero-order chi connectivity index (χ0) is 24.0. The predicted molar refractivity (Wildman–Crippen MR) is 137 cm³/mol. The van der Waals surface area contributed by atoms with E-state index in [1.807, 2.05) is 42.4 Å². The highest BCUT2D eigenvalue weighted by Crippen LogP contribution is 2.29. The quantitative estimate of drug-likeness (QED) is 0.632. The highest BCUT2D eigenvalue weighted by molar-refractivity contribution is 6.11. The van der Waals surface area contributed by atoms with Crippen molar-refractivity contribution in [1.29, 1.82) is 0 Å². The van der Waals surface area contributed by atoms with Gasteiger partial charge in [0.05, 0.1) is 24.2 Å². The van der Waals surface area contributed by atoms with Crippen molar-refractivity contribution in [2.24, 2.45) is 12.0 Å². The van der Waals surface area contributed by atoms with E-state index in [0.29, 0.717) is 11.5 Å². The van der Waals surface area contributed by atoms with Gasteiger partial charge in [-0.25, -0.2) is 4.99 Å². The van der Waals surface area contributed by atoms with Gasteiger partial charge in [-0.2, -0.15) is 0 Å². The van der Waals surface area contributed by atoms with Crippen LogP contribution in [-0.4, -0.2) is 22.4 Å². The number of rotatable bonds is 7. The van der Waals surface area contributed by atoms with Crippen LogP contribution in [-0.2, 0) is 13.5 Å². The molecule has 174 valence electrons. The molecule has 0 amide bonds. The average Bonchev–Trinajstić information content (AvgIpc) is 2.81. The molecule has 1 aliphatic rings. The molecule has 0 unspecified atom stereocenters. The average molecular weight is 448 g/mol. The first kappa shape index (κ1) is 23.9. The molecule has 2 aromatic rings. The molecular weight excluding hydrogens is 414 g/mol. The molecule has 0 bridgehead atoms. The Morgan fingerprint density at radius 2 is 2.03 bits per heavy atom. The third-order valence-electron chi connectivity index (χ3n) is 5.39. The number of unbranched alkanes of at least 4 members (excludes halogenated alkanes) is 1. The van der Waals surface area contributed by atoms with Gasteiger partial charge in [-0.3, -0.25) is 4.79 Å². The number of anilines is 2. The van der Waals surface area contributed by atoms with E-state index < -0.39 is 0 Å². The van der Waals surface area contributed by atoms with Gasteiger partial charge in [0.25, 0.3) is 5.56 Å². The van der Waals surface area contributed by atoms with Crippen molar-refractivity contribution in [3.8, 4) is 5.75 Å². The third kappa shape index (κ3) is 5.37. The molecule has 0 atom stereocenters. The minimum atomic E-state index is -0.227. The lowest BCUT2D eigenvalue weighted by molar-refractivity contribution is 0.410. The van der Waals surface area contributed by atoms with Gasteiger partial charge in [0.2, 0.25) is 0 Å². The van der Waals surface area contributed by atoms with Crippen molar-refractivity contribution in [2.75, 3.05) is 18.2 Å². The van der Waals surface area contributed by atoms with Crippen molar-refractivity contribution in [3.63, 3.8) is 0 Å². The van der Waals surface area contributed by atoms with Crippen LogP contribution in [0.15, 0.2) is 70.5 Å². The number of pyridine rings is 1. The molecule has 0 fully saturated rings. The van der Waals surface area contributed by atoms with Crippen molar-refractivity contribution in [1.82, 2.24) is 9.47 Å². The largest absolute Gasteiger partial charge is 0.496 e. The number of aryl methyl sites for hydroxylation is 2. The minimum Gasteiger partial charge on any atom is -0.496 e. The number of hydrogen-bond donors (Lipinski definition) is 2. The molecule has 1 aliphatic heterocycles. The summed E-state index contributed by atoms with van der Waals surface area (Å²) >= 11 is 0. The van der Waals surface area contributed by atoms with Crippen LogP contribution in [0.25, 0.3) is 5.70 Å². The Balaban J connectivity index is 2.12. The number of aromatic nitrogens is 1. The fourth-order valence-electron chi connectivity index (χ4n) is 3.66. The molecule has 1 aromatic heterocycles. The number of methoxy groups -OCH3 is 1. The molecular formula is C26H33N5O2. The standard InChI is InChI=1S/C26H33N5O2/c1-6-9-10-23-25(28-20-12-11-18(8-3)24(15-20)33-5)29-22(17-31(23)13-7-2)19-14-21(27)26(32)30(4)16-19/h7,10-17H,6,8-9,27H2,1-5H3,(H,28,29)/b13-7-,23-10+. The Bertz CT molecular complexity index is 1160. The van der Waals surface area contributed by atoms with Crippen LogP contribution in [0, 0.1) is 0 Å². The second-order valence-corrected chi connectivity index (χ2v) is 7.85. The van der Waals surface area contributed by atoms with Crippen molar-refractivity contribution < 1.29 is 4.74 Å². The minimum absolute atomic E-state index is 0.186. The summed E-state index contributed by atoms with van der Waals surface area (Å²) in [5, 5.41) is 3.48. The highest BCUT2D eigenvalue weighted by Gasteiger charge is 2.21. The molecule has 0 spiro atoms. The summed E-state index contributed by atoms with van der Waals surface area (Å²) in [6.45, 7) is 6.22. The van der Waals surface area contributed by atoms with Crippen LogP contribution in [0.4, 0.5) is 11.4 Å². The lowest BCUT2D eigenvalue weighted by Crippen LogP contribution is -2.28. The molecule has 33 heavy (non-hydrogen) atoms. The Hall–Kier alpha value is -3.74. The third-order valence-corrected chi connectivity index (χ3v) is 5.39. The second-order valence-electron chi connectivity index (χ2n) is 7.85. The first-order valence-electron chi connectivity index (χ1n) is 11.2. The Morgan fingerprint density at radius 1 is 1.24 bits per heavy atom. The van der Waals surface area contributed by atoms with Crippen molar-refractivity contribution in [3.05, 3.63) is 82.2 Å². The molecule has 3 rings (SSSR count). The highest BCUT2D eigenvalue weighted by atomic mass is 16.5. The predicted octanol–water partition coefficient (Wildman–Crippen LogP) is 4.88.